The van der Waals surface area contributed by atoms with Gasteiger partial charge in [-0.2, -0.15) is 0 Å². The molecule has 0 aliphatic carbocycles. The Kier molecular flexibility index (Phi) is 6.87. The van der Waals surface area contributed by atoms with Crippen molar-refractivity contribution >= 4 is 23.3 Å². The molecule has 0 unspecified atom stereocenters. The lowest BCUT2D eigenvalue weighted by Gasteiger charge is -2.15. The third-order valence-corrected chi connectivity index (χ3v) is 2.03. The normalized spacial score (nSPS) is 20.0. The van der Waals surface area contributed by atoms with Gasteiger partial charge in [-0.3, -0.25) is 4.90 Å². The zero-order valence-corrected chi connectivity index (χ0v) is 8.50. The van der Waals surface area contributed by atoms with Crippen LogP contribution < -0.4 is 0 Å². The second kappa shape index (κ2) is 6.80. The zero-order valence-electron chi connectivity index (χ0n) is 6.79. The minimum absolute atomic E-state index is 0. The molecule has 3 heteroatoms. The fraction of sp³-hybridized carbons (Fsp3) is 0.875. The van der Waals surface area contributed by atoms with Crippen LogP contribution in [0.2, 0.25) is 0 Å². The van der Waals surface area contributed by atoms with Gasteiger partial charge in [0.15, 0.2) is 0 Å². The van der Waals surface area contributed by atoms with Crippen LogP contribution in [0.25, 0.3) is 0 Å². The number of rotatable bonds is 2. The largest absolute Gasteiger partial charge is 0.302 e. The molecule has 0 aromatic heterocycles. The number of likely N-dealkylation sites (tertiary alicyclic amines) is 1. The van der Waals surface area contributed by atoms with E-state index in [-0.39, 0.29) is 17.0 Å². The standard InChI is InChI=1S/C8H15NO.BrH/c10-8-7-9-5-3-1-2-4-6-9;/h8H,1-7H2;1H. The number of carbonyl (C=O) groups excluding carboxylic acids is 1. The topological polar surface area (TPSA) is 20.3 Å². The minimum Gasteiger partial charge on any atom is -0.302 e. The van der Waals surface area contributed by atoms with Gasteiger partial charge in [0.2, 0.25) is 0 Å². The predicted molar refractivity (Wildman–Crippen MR) is 51.3 cm³/mol. The van der Waals surface area contributed by atoms with E-state index in [0.29, 0.717) is 6.54 Å². The van der Waals surface area contributed by atoms with E-state index in [1.807, 2.05) is 0 Å². The number of hydrogen-bond donors (Lipinski definition) is 0. The molecule has 0 saturated carbocycles. The summed E-state index contributed by atoms with van der Waals surface area (Å²) in [6.07, 6.45) is 6.23. The molecule has 1 heterocycles. The Morgan fingerprint density at radius 3 is 2.09 bits per heavy atom. The Morgan fingerprint density at radius 2 is 1.64 bits per heavy atom. The van der Waals surface area contributed by atoms with Crippen LogP contribution in [0.5, 0.6) is 0 Å². The second-order valence-electron chi connectivity index (χ2n) is 2.88. The maximum atomic E-state index is 10.1. The summed E-state index contributed by atoms with van der Waals surface area (Å²) in [5, 5.41) is 0. The van der Waals surface area contributed by atoms with Gasteiger partial charge in [0, 0.05) is 0 Å². The Hall–Kier alpha value is 0.110. The quantitative estimate of drug-likeness (QED) is 0.662. The number of aldehydes is 1. The molecule has 0 aromatic rings. The van der Waals surface area contributed by atoms with Crippen molar-refractivity contribution < 1.29 is 4.79 Å². The highest BCUT2D eigenvalue weighted by molar-refractivity contribution is 8.93. The van der Waals surface area contributed by atoms with Crippen molar-refractivity contribution in [1.29, 1.82) is 0 Å². The second-order valence-corrected chi connectivity index (χ2v) is 2.88. The van der Waals surface area contributed by atoms with Gasteiger partial charge in [-0.15, -0.1) is 17.0 Å². The fourth-order valence-corrected chi connectivity index (χ4v) is 1.42. The van der Waals surface area contributed by atoms with Crippen LogP contribution in [0.4, 0.5) is 0 Å². The third kappa shape index (κ3) is 4.53. The average Bonchev–Trinajstić information content (AvgIpc) is 2.17. The Balaban J connectivity index is 0.000001000. The molecule has 0 aromatic carbocycles. The maximum absolute atomic E-state index is 10.1. The summed E-state index contributed by atoms with van der Waals surface area (Å²) in [5.41, 5.74) is 0. The Bertz CT molecular complexity index is 100. The molecule has 2 nitrogen and oxygen atoms in total. The zero-order chi connectivity index (χ0) is 7.23. The van der Waals surface area contributed by atoms with Gasteiger partial charge >= 0.3 is 0 Å². The molecule has 0 N–H and O–H groups in total. The summed E-state index contributed by atoms with van der Waals surface area (Å²) in [6, 6.07) is 0. The molecular weight excluding hydrogens is 206 g/mol. The van der Waals surface area contributed by atoms with Crippen molar-refractivity contribution in [2.24, 2.45) is 0 Å². The molecule has 0 atom stereocenters. The fourth-order valence-electron chi connectivity index (χ4n) is 1.42. The lowest BCUT2D eigenvalue weighted by Crippen LogP contribution is -2.26. The molecule has 0 bridgehead atoms. The van der Waals surface area contributed by atoms with Crippen LogP contribution >= 0.6 is 17.0 Å². The molecule has 0 radical (unpaired) electrons. The molecule has 66 valence electrons. The molecule has 1 fully saturated rings. The molecule has 0 spiro atoms. The lowest BCUT2D eigenvalue weighted by atomic mass is 10.2. The SMILES string of the molecule is Br.O=CCN1CCCCCC1. The van der Waals surface area contributed by atoms with Crippen molar-refractivity contribution in [3.63, 3.8) is 0 Å². The van der Waals surface area contributed by atoms with Crippen LogP contribution in [0.15, 0.2) is 0 Å². The predicted octanol–water partition coefficient (Wildman–Crippen LogP) is 1.64. The van der Waals surface area contributed by atoms with E-state index in [4.69, 9.17) is 0 Å². The molecule has 1 saturated heterocycles. The van der Waals surface area contributed by atoms with Gasteiger partial charge in [0.05, 0.1) is 6.54 Å². The summed E-state index contributed by atoms with van der Waals surface area (Å²) < 4.78 is 0. The Labute approximate surface area is 78.7 Å². The van der Waals surface area contributed by atoms with Crippen molar-refractivity contribution in [1.82, 2.24) is 4.90 Å². The summed E-state index contributed by atoms with van der Waals surface area (Å²) in [6.45, 7) is 2.89. The van der Waals surface area contributed by atoms with Crippen LogP contribution in [-0.2, 0) is 4.79 Å². The van der Waals surface area contributed by atoms with Crippen LogP contribution in [-0.4, -0.2) is 30.8 Å². The first-order valence-corrected chi connectivity index (χ1v) is 4.09. The first-order valence-electron chi connectivity index (χ1n) is 4.09. The monoisotopic (exact) mass is 221 g/mol. The van der Waals surface area contributed by atoms with Gasteiger partial charge in [-0.1, -0.05) is 12.8 Å². The highest BCUT2D eigenvalue weighted by atomic mass is 79.9. The van der Waals surface area contributed by atoms with Crippen molar-refractivity contribution in [2.75, 3.05) is 19.6 Å². The molecule has 1 aliphatic heterocycles. The highest BCUT2D eigenvalue weighted by Crippen LogP contribution is 2.08. The molecule has 1 aliphatic rings. The van der Waals surface area contributed by atoms with E-state index in [2.05, 4.69) is 4.90 Å². The van der Waals surface area contributed by atoms with E-state index in [1.165, 1.54) is 25.7 Å². The van der Waals surface area contributed by atoms with Gasteiger partial charge < -0.3 is 4.79 Å². The first kappa shape index (κ1) is 11.1. The summed E-state index contributed by atoms with van der Waals surface area (Å²) in [4.78, 5) is 12.4. The molecule has 0 amide bonds. The van der Waals surface area contributed by atoms with Gasteiger partial charge in [-0.25, -0.2) is 0 Å². The van der Waals surface area contributed by atoms with Gasteiger partial charge in [0.1, 0.15) is 6.29 Å². The van der Waals surface area contributed by atoms with Crippen LogP contribution in [0.3, 0.4) is 0 Å². The Morgan fingerprint density at radius 1 is 1.09 bits per heavy atom. The number of hydrogen-bond acceptors (Lipinski definition) is 2. The van der Waals surface area contributed by atoms with E-state index in [1.54, 1.807) is 0 Å². The molecule has 1 rings (SSSR count). The smallest absolute Gasteiger partial charge is 0.133 e. The number of nitrogens with zero attached hydrogens (tertiary/aromatic N) is 1. The molecule has 11 heavy (non-hydrogen) atoms. The average molecular weight is 222 g/mol. The summed E-state index contributed by atoms with van der Waals surface area (Å²) in [7, 11) is 0. The van der Waals surface area contributed by atoms with Crippen molar-refractivity contribution in [3.05, 3.63) is 0 Å². The van der Waals surface area contributed by atoms with E-state index < -0.39 is 0 Å². The van der Waals surface area contributed by atoms with Crippen molar-refractivity contribution in [2.45, 2.75) is 25.7 Å². The molecular formula is C8H16BrNO. The maximum Gasteiger partial charge on any atom is 0.133 e. The summed E-state index contributed by atoms with van der Waals surface area (Å²) >= 11 is 0. The summed E-state index contributed by atoms with van der Waals surface area (Å²) in [5.74, 6) is 0. The van der Waals surface area contributed by atoms with E-state index >= 15 is 0 Å². The number of halogens is 1. The third-order valence-electron chi connectivity index (χ3n) is 2.03. The van der Waals surface area contributed by atoms with Crippen molar-refractivity contribution in [3.8, 4) is 0 Å². The minimum atomic E-state index is 0. The number of carbonyl (C=O) groups is 1. The van der Waals surface area contributed by atoms with Crippen LogP contribution in [0.1, 0.15) is 25.7 Å². The van der Waals surface area contributed by atoms with E-state index in [0.717, 1.165) is 19.4 Å². The van der Waals surface area contributed by atoms with Crippen LogP contribution in [0, 0.1) is 0 Å². The lowest BCUT2D eigenvalue weighted by molar-refractivity contribution is -0.108. The highest BCUT2D eigenvalue weighted by Gasteiger charge is 2.06. The van der Waals surface area contributed by atoms with E-state index in [9.17, 15) is 4.79 Å². The first-order chi connectivity index (χ1) is 4.93. The van der Waals surface area contributed by atoms with Gasteiger partial charge in [0.25, 0.3) is 0 Å². The van der Waals surface area contributed by atoms with Gasteiger partial charge in [-0.05, 0) is 25.9 Å².